The number of fused-ring (bicyclic) bond motifs is 1. The monoisotopic (exact) mass is 448 g/mol. The van der Waals surface area contributed by atoms with E-state index in [1.54, 1.807) is 11.6 Å². The van der Waals surface area contributed by atoms with Gasteiger partial charge in [-0.25, -0.2) is 18.4 Å². The lowest BCUT2D eigenvalue weighted by molar-refractivity contribution is -0.150. The Morgan fingerprint density at radius 1 is 1.50 bits per heavy atom. The molecule has 15 heteroatoms. The van der Waals surface area contributed by atoms with Crippen LogP contribution in [0.5, 0.6) is 0 Å². The molecule has 1 aromatic heterocycles. The van der Waals surface area contributed by atoms with E-state index < -0.39 is 45.0 Å². The van der Waals surface area contributed by atoms with Crippen molar-refractivity contribution in [3.8, 4) is 0 Å². The molecule has 0 saturated carbocycles. The number of hydrogen-bond donors (Lipinski definition) is 3. The molecule has 3 rings (SSSR count). The fraction of sp³-hybridized carbons (Fsp3) is 0.462. The highest BCUT2D eigenvalue weighted by Gasteiger charge is 2.54. The van der Waals surface area contributed by atoms with Gasteiger partial charge in [-0.15, -0.1) is 22.0 Å². The first-order chi connectivity index (χ1) is 13.1. The smallest absolute Gasteiger partial charge is 0.352 e. The minimum absolute atomic E-state index is 0.125. The summed E-state index contributed by atoms with van der Waals surface area (Å²) >= 11 is 2.58. The second-order valence-electron chi connectivity index (χ2n) is 6.03. The van der Waals surface area contributed by atoms with Gasteiger partial charge in [0.25, 0.3) is 5.91 Å². The van der Waals surface area contributed by atoms with Crippen molar-refractivity contribution in [2.24, 2.45) is 12.2 Å². The van der Waals surface area contributed by atoms with Crippen LogP contribution in [0.15, 0.2) is 22.8 Å². The maximum atomic E-state index is 12.4. The number of aryl methyl sites for hydroxylation is 1. The van der Waals surface area contributed by atoms with Gasteiger partial charge in [0.15, 0.2) is 5.16 Å². The van der Waals surface area contributed by atoms with Crippen molar-refractivity contribution in [1.29, 1.82) is 0 Å². The Morgan fingerprint density at radius 3 is 2.79 bits per heavy atom. The summed E-state index contributed by atoms with van der Waals surface area (Å²) in [4.78, 5) is 37.0. The van der Waals surface area contributed by atoms with Crippen LogP contribution in [0, 0.1) is 0 Å². The molecule has 152 valence electrons. The van der Waals surface area contributed by atoms with Crippen LogP contribution in [0.3, 0.4) is 0 Å². The second-order valence-corrected chi connectivity index (χ2v) is 9.69. The Bertz CT molecular complexity index is 973. The minimum Gasteiger partial charge on any atom is -0.477 e. The maximum Gasteiger partial charge on any atom is 0.352 e. The standard InChI is InChI=1S/C13H16N6O6S3/c1-18-5-15-17-13(18)27-3-6-2-26-11-8(16-7(20)4-28(14,24)25)10(21)19(11)9(6)12(22)23/h5,8,11H,2-4H2,1H3,(H,16,20)(H,22,23)(H2,14,24,25)/t8?,11-/m0/s1. The van der Waals surface area contributed by atoms with Crippen LogP contribution < -0.4 is 10.5 Å². The van der Waals surface area contributed by atoms with Gasteiger partial charge in [-0.05, 0) is 5.57 Å². The second kappa shape index (κ2) is 7.73. The molecule has 28 heavy (non-hydrogen) atoms. The zero-order valence-electron chi connectivity index (χ0n) is 14.4. The highest BCUT2D eigenvalue weighted by Crippen LogP contribution is 2.41. The molecule has 0 aromatic carbocycles. The number of primary sulfonamides is 1. The highest BCUT2D eigenvalue weighted by molar-refractivity contribution is 8.01. The first-order valence-corrected chi connectivity index (χ1v) is 11.5. The van der Waals surface area contributed by atoms with Crippen molar-refractivity contribution in [3.05, 3.63) is 17.6 Å². The number of sulfonamides is 1. The summed E-state index contributed by atoms with van der Waals surface area (Å²) in [5, 5.41) is 24.4. The summed E-state index contributed by atoms with van der Waals surface area (Å²) in [5.74, 6) is -3.08. The molecule has 1 unspecified atom stereocenters. The molecular weight excluding hydrogens is 432 g/mol. The van der Waals surface area contributed by atoms with E-state index >= 15 is 0 Å². The topological polar surface area (TPSA) is 178 Å². The molecule has 3 heterocycles. The van der Waals surface area contributed by atoms with Crippen molar-refractivity contribution in [3.63, 3.8) is 0 Å². The molecule has 4 N–H and O–H groups in total. The lowest BCUT2D eigenvalue weighted by Gasteiger charge is -2.49. The van der Waals surface area contributed by atoms with Crippen molar-refractivity contribution in [2.45, 2.75) is 16.6 Å². The fourth-order valence-electron chi connectivity index (χ4n) is 2.75. The molecule has 0 radical (unpaired) electrons. The Morgan fingerprint density at radius 2 is 2.21 bits per heavy atom. The average Bonchev–Trinajstić information content (AvgIpc) is 3.00. The van der Waals surface area contributed by atoms with E-state index in [0.717, 1.165) is 4.90 Å². The number of aliphatic carboxylic acids is 1. The van der Waals surface area contributed by atoms with Gasteiger partial charge in [0.2, 0.25) is 15.9 Å². The summed E-state index contributed by atoms with van der Waals surface area (Å²) in [6, 6.07) is -0.999. The number of nitrogens with two attached hydrogens (primary N) is 1. The SMILES string of the molecule is Cn1cnnc1SCC1=C(C(=O)O)N2C(=O)C(NC(=O)CS(N)(=O)=O)[C@@H]2SC1. The summed E-state index contributed by atoms with van der Waals surface area (Å²) < 4.78 is 23.7. The van der Waals surface area contributed by atoms with Gasteiger partial charge in [0.1, 0.15) is 29.2 Å². The summed E-state index contributed by atoms with van der Waals surface area (Å²) in [7, 11) is -2.27. The van der Waals surface area contributed by atoms with Crippen molar-refractivity contribution in [1.82, 2.24) is 25.0 Å². The molecule has 0 aliphatic carbocycles. The van der Waals surface area contributed by atoms with E-state index in [2.05, 4.69) is 15.5 Å². The van der Waals surface area contributed by atoms with Gasteiger partial charge in [0, 0.05) is 18.6 Å². The van der Waals surface area contributed by atoms with Gasteiger partial charge >= 0.3 is 5.97 Å². The number of thioether (sulfide) groups is 2. The third kappa shape index (κ3) is 4.16. The molecule has 2 amide bonds. The molecule has 0 bridgehead atoms. The van der Waals surface area contributed by atoms with E-state index in [1.165, 1.54) is 29.9 Å². The first-order valence-electron chi connectivity index (χ1n) is 7.75. The lowest BCUT2D eigenvalue weighted by Crippen LogP contribution is -2.71. The molecule has 12 nitrogen and oxygen atoms in total. The van der Waals surface area contributed by atoms with Crippen LogP contribution in [0.1, 0.15) is 0 Å². The maximum absolute atomic E-state index is 12.4. The first kappa shape index (κ1) is 20.6. The van der Waals surface area contributed by atoms with Crippen molar-refractivity contribution < 1.29 is 27.9 Å². The molecule has 1 fully saturated rings. The van der Waals surface area contributed by atoms with Gasteiger partial charge in [-0.2, -0.15) is 0 Å². The Kier molecular flexibility index (Phi) is 5.69. The number of carbonyl (C=O) groups is 3. The van der Waals surface area contributed by atoms with Crippen LogP contribution in [0.2, 0.25) is 0 Å². The van der Waals surface area contributed by atoms with E-state index in [9.17, 15) is 27.9 Å². The lowest BCUT2D eigenvalue weighted by atomic mass is 10.0. The third-order valence-electron chi connectivity index (χ3n) is 3.94. The van der Waals surface area contributed by atoms with Crippen LogP contribution in [0.4, 0.5) is 0 Å². The quantitative estimate of drug-likeness (QED) is 0.310. The molecule has 2 atom stereocenters. The van der Waals surface area contributed by atoms with Gasteiger partial charge in [-0.1, -0.05) is 11.8 Å². The molecular formula is C13H16N6O6S3. The zero-order chi connectivity index (χ0) is 20.6. The number of nitrogens with one attached hydrogen (secondary N) is 1. The van der Waals surface area contributed by atoms with E-state index in [4.69, 9.17) is 5.14 Å². The van der Waals surface area contributed by atoms with Crippen molar-refractivity contribution in [2.75, 3.05) is 17.3 Å². The number of carbonyl (C=O) groups excluding carboxylic acids is 2. The number of carboxylic acid groups (broad SMARTS) is 1. The summed E-state index contributed by atoms with van der Waals surface area (Å²) in [6.45, 7) is 0. The van der Waals surface area contributed by atoms with Crippen LogP contribution in [0.25, 0.3) is 0 Å². The van der Waals surface area contributed by atoms with Crippen LogP contribution in [-0.2, 0) is 31.5 Å². The number of β-lactam (4-membered cyclic amide) rings is 1. The number of aromatic nitrogens is 3. The zero-order valence-corrected chi connectivity index (χ0v) is 16.9. The van der Waals surface area contributed by atoms with Gasteiger partial charge in [-0.3, -0.25) is 14.5 Å². The largest absolute Gasteiger partial charge is 0.477 e. The van der Waals surface area contributed by atoms with E-state index in [0.29, 0.717) is 22.2 Å². The average molecular weight is 449 g/mol. The molecule has 1 saturated heterocycles. The van der Waals surface area contributed by atoms with Crippen LogP contribution in [-0.4, -0.2) is 79.6 Å². The number of rotatable bonds is 7. The minimum atomic E-state index is -4.03. The number of carboxylic acids is 1. The molecule has 2 aliphatic heterocycles. The predicted octanol–water partition coefficient (Wildman–Crippen LogP) is -2.07. The summed E-state index contributed by atoms with van der Waals surface area (Å²) in [5.41, 5.74) is 0.421. The van der Waals surface area contributed by atoms with Gasteiger partial charge in [0.05, 0.1) is 0 Å². The summed E-state index contributed by atoms with van der Waals surface area (Å²) in [6.07, 6.45) is 1.52. The normalized spacial score (nSPS) is 21.9. The fourth-order valence-corrected chi connectivity index (χ4v) is 5.57. The predicted molar refractivity (Wildman–Crippen MR) is 99.4 cm³/mol. The number of nitrogens with zero attached hydrogens (tertiary/aromatic N) is 4. The Labute approximate surface area is 168 Å². The van der Waals surface area contributed by atoms with Gasteiger partial charge < -0.3 is 15.0 Å². The van der Waals surface area contributed by atoms with Crippen LogP contribution >= 0.6 is 23.5 Å². The number of amides is 2. The molecule has 0 spiro atoms. The van der Waals surface area contributed by atoms with E-state index in [-0.39, 0.29) is 5.70 Å². The Balaban J connectivity index is 1.73. The molecule has 1 aromatic rings. The Hall–Kier alpha value is -2.10. The van der Waals surface area contributed by atoms with E-state index in [1.807, 2.05) is 0 Å². The number of hydrogen-bond acceptors (Lipinski definition) is 9. The third-order valence-corrected chi connectivity index (χ3v) is 7.07. The van der Waals surface area contributed by atoms with Crippen molar-refractivity contribution >= 4 is 51.3 Å². The highest BCUT2D eigenvalue weighted by atomic mass is 32.2. The molecule has 2 aliphatic rings.